The highest BCUT2D eigenvalue weighted by molar-refractivity contribution is 9.11. The van der Waals surface area contributed by atoms with Crippen LogP contribution in [0.2, 0.25) is 0 Å². The van der Waals surface area contributed by atoms with Crippen molar-refractivity contribution >= 4 is 43.3 Å². The number of Topliss-reactive ketones (excluding diaryl/α,β-unsaturated/α-hetero) is 1. The predicted molar refractivity (Wildman–Crippen MR) is 537 cm³/mol. The molecule has 0 radical (unpaired) electrons. The second-order valence-corrected chi connectivity index (χ2v) is 36.1. The molecule has 0 saturated carbocycles. The fourth-order valence-corrected chi connectivity index (χ4v) is 17.6. The Hall–Kier alpha value is -13.1. The van der Waals surface area contributed by atoms with Crippen molar-refractivity contribution in [2.75, 3.05) is 0 Å². The number of ketones is 1. The first-order valence-corrected chi connectivity index (χ1v) is 48.9. The fourth-order valence-electron chi connectivity index (χ4n) is 16.2. The van der Waals surface area contributed by atoms with E-state index in [0.717, 1.165) is 115 Å². The minimum atomic E-state index is -4.56. The van der Waals surface area contributed by atoms with E-state index in [2.05, 4.69) is 313 Å². The zero-order valence-electron chi connectivity index (χ0n) is 84.1. The van der Waals surface area contributed by atoms with Gasteiger partial charge in [-0.25, -0.2) is 81.9 Å². The zero-order chi connectivity index (χ0) is 102. The smallest absolute Gasteiger partial charge is 0.295 e. The number of aryl methyl sites for hydroxylation is 10. The maximum Gasteiger partial charge on any atom is 0.416 e. The van der Waals surface area contributed by atoms with Crippen LogP contribution >= 0.6 is 31.9 Å². The number of carbonyl (C=O) groups excluding carboxylic acids is 1. The van der Waals surface area contributed by atoms with Crippen LogP contribution in [0, 0.1) is 91.0 Å². The molecule has 0 unspecified atom stereocenters. The number of hydrogen-bond acceptors (Lipinski definition) is 3. The van der Waals surface area contributed by atoms with Gasteiger partial charge in [0.1, 0.15) is 161 Å². The van der Waals surface area contributed by atoms with E-state index in [4.69, 9.17) is 0 Å². The van der Waals surface area contributed by atoms with Gasteiger partial charge in [-0.2, -0.15) is 26.3 Å². The SMILES string of the molecule is CC[n+]1ccn(-c2ccc(C)cc2)c1C.CC[n+]1ccn(-c2ccc([N+](=O)[O-])cc2)c1C.CC[n+]1ccn(-c2ccccc2)c1C.CCn1cc[n+](CC(=O)Cc2ccc(F)cc2)c1C.CCn1cc[n+](Cc2cc(Br)cc(Br)c2)c1C.CCn1cc[n+](Cc2cc(C)cc(C(F)(F)F)c2)c1C.CCn1cc[n+](Cc2ccc(C(C)C)cc2)c1C.CCn1cc[n+](Cc2ccc(F)cc2C(F)(F)F)c1C. The Kier molecular flexibility index (Phi) is 41.3. The molecule has 0 aliphatic rings. The molecule has 8 heterocycles. The number of halogens is 10. The normalized spacial score (nSPS) is 11.1. The van der Waals surface area contributed by atoms with Gasteiger partial charge in [-0.05, 0) is 194 Å². The van der Waals surface area contributed by atoms with Crippen molar-refractivity contribution in [2.24, 2.45) is 0 Å². The van der Waals surface area contributed by atoms with Gasteiger partial charge < -0.3 is 0 Å². The van der Waals surface area contributed by atoms with Crippen molar-refractivity contribution in [3.05, 3.63) is 414 Å². The molecule has 0 aliphatic heterocycles. The Bertz CT molecular complexity index is 6640. The molecule has 0 atom stereocenters. The monoisotopic (exact) mass is 2050 g/mol. The summed E-state index contributed by atoms with van der Waals surface area (Å²) >= 11 is 7.04. The summed E-state index contributed by atoms with van der Waals surface area (Å²) in [7, 11) is 0. The lowest BCUT2D eigenvalue weighted by atomic mass is 10.0. The van der Waals surface area contributed by atoms with Crippen molar-refractivity contribution in [3.8, 4) is 17.1 Å². The lowest BCUT2D eigenvalue weighted by molar-refractivity contribution is -0.698. The van der Waals surface area contributed by atoms with Gasteiger partial charge in [0.05, 0.1) is 68.4 Å². The third kappa shape index (κ3) is 31.2. The molecule has 16 aromatic rings. The third-order valence-corrected chi connectivity index (χ3v) is 25.6. The number of nitro benzene ring substituents is 1. The number of aromatic nitrogens is 16. The number of non-ortho nitro benzene ring substituents is 1. The van der Waals surface area contributed by atoms with Gasteiger partial charge in [0, 0.05) is 88.5 Å². The number of rotatable bonds is 25. The molecule has 8 aromatic carbocycles. The summed E-state index contributed by atoms with van der Waals surface area (Å²) in [4.78, 5) is 22.2. The Labute approximate surface area is 835 Å². The van der Waals surface area contributed by atoms with Crippen LogP contribution in [0.4, 0.5) is 40.8 Å². The number of benzene rings is 8. The van der Waals surface area contributed by atoms with Gasteiger partial charge in [-0.1, -0.05) is 136 Å². The zero-order valence-corrected chi connectivity index (χ0v) is 87.3. The van der Waals surface area contributed by atoms with Crippen LogP contribution in [0.5, 0.6) is 0 Å². The molecule has 0 bridgehead atoms. The Morgan fingerprint density at radius 3 is 1.11 bits per heavy atom. The number of nitrogens with zero attached hydrogens (tertiary/aromatic N) is 17. The van der Waals surface area contributed by atoms with Crippen LogP contribution in [0.15, 0.2) is 290 Å². The maximum absolute atomic E-state index is 13.0. The number of imidazole rings is 8. The van der Waals surface area contributed by atoms with Gasteiger partial charge in [0.15, 0.2) is 5.78 Å². The van der Waals surface area contributed by atoms with Crippen molar-refractivity contribution in [1.82, 2.24) is 36.5 Å². The molecule has 20 nitrogen and oxygen atoms in total. The molecule has 0 N–H and O–H groups in total. The molecule has 740 valence electrons. The van der Waals surface area contributed by atoms with E-state index in [0.29, 0.717) is 42.6 Å². The van der Waals surface area contributed by atoms with Crippen molar-refractivity contribution in [3.63, 3.8) is 0 Å². The fraction of sp³-hybridized carbons (Fsp3) is 0.336. The lowest BCUT2D eigenvalue weighted by Crippen LogP contribution is -2.40. The topological polar surface area (TPSA) is 131 Å². The number of carbonyl (C=O) groups is 1. The van der Waals surface area contributed by atoms with E-state index >= 15 is 0 Å². The summed E-state index contributed by atoms with van der Waals surface area (Å²) in [5, 5.41) is 10.6. The van der Waals surface area contributed by atoms with E-state index in [1.807, 2.05) is 109 Å². The second-order valence-electron chi connectivity index (χ2n) is 34.3. The first-order chi connectivity index (χ1) is 66.6. The molecule has 0 fully saturated rings. The third-order valence-electron chi connectivity index (χ3n) is 24.7. The summed E-state index contributed by atoms with van der Waals surface area (Å²) in [6.45, 7) is 51.7. The van der Waals surface area contributed by atoms with Gasteiger partial charge in [-0.15, -0.1) is 0 Å². The molecule has 0 aliphatic carbocycles. The molecule has 16 rings (SSSR count). The average Bonchev–Trinajstić information content (AvgIpc) is 1.39. The minimum absolute atomic E-state index is 0.0563. The Morgan fingerprint density at radius 2 is 0.729 bits per heavy atom. The molecular weight excluding hydrogens is 1920 g/mol. The first kappa shape index (κ1) is 111. The highest BCUT2D eigenvalue weighted by Crippen LogP contribution is 2.34. The summed E-state index contributed by atoms with van der Waals surface area (Å²) in [5.41, 5.74) is 9.54. The van der Waals surface area contributed by atoms with Crippen LogP contribution in [0.3, 0.4) is 0 Å². The molecular formula is C110H135Br2F8N17O3+8. The number of alkyl halides is 6. The van der Waals surface area contributed by atoms with E-state index in [1.54, 1.807) is 48.0 Å². The summed E-state index contributed by atoms with van der Waals surface area (Å²) in [6, 6.07) is 53.9. The van der Waals surface area contributed by atoms with Crippen LogP contribution in [-0.2, 0) is 109 Å². The minimum Gasteiger partial charge on any atom is -0.295 e. The molecule has 0 amide bonds. The quantitative estimate of drug-likeness (QED) is 0.0244. The lowest BCUT2D eigenvalue weighted by Gasteiger charge is -2.12. The van der Waals surface area contributed by atoms with Crippen LogP contribution in [0.1, 0.15) is 177 Å². The molecule has 0 saturated heterocycles. The van der Waals surface area contributed by atoms with E-state index in [1.165, 1.54) is 99.4 Å². The highest BCUT2D eigenvalue weighted by atomic mass is 79.9. The number of nitro groups is 1. The van der Waals surface area contributed by atoms with Crippen molar-refractivity contribution in [2.45, 2.75) is 248 Å². The van der Waals surface area contributed by atoms with Crippen molar-refractivity contribution < 1.29 is 81.4 Å². The predicted octanol–water partition coefficient (Wildman–Crippen LogP) is 22.3. The summed E-state index contributed by atoms with van der Waals surface area (Å²) < 4.78 is 139. The van der Waals surface area contributed by atoms with Crippen LogP contribution < -0.4 is 36.5 Å². The Morgan fingerprint density at radius 1 is 0.364 bits per heavy atom. The standard InChI is InChI=1S/C16H23N2.C15H18F3N2.C15H18FN2O.C14H15F4N2.C13H15Br2N2.C13H17N2.C12H14N3O2.C12H15N2/c1-5-17-10-11-18(14(17)4)12-15-6-8-16(9-7-15)13(2)3;1-4-19-5-6-20(12(19)3)10-13-7-11(2)8-14(9-13)15(16,17)18;1-3-17-8-9-18(12(17)2)11-15(19)10-13-4-6-14(16)7-5-13;1-3-19-6-7-20(10(19)2)9-11-4-5-12(15)8-13(11)14(16,17)18;1-3-16-4-5-17(10(16)2)9-11-6-12(14)8-13(15)7-11;1-4-14-9-10-15(12(14)3)13-7-5-11(2)6-8-13;1-3-13-8-9-14(10(13)2)11-4-6-12(7-5-11)15(16)17;1-3-13-9-10-14(11(13)2)12-7-5-4-6-8-12/h6-11,13H,5,12H2,1-4H3;5-9H,4,10H2,1-3H3;4-9H,3,10-11H2,1-2H3;4-8H,3,9H2,1-2H3;4-8H,3,9H2,1-2H3;5-10H,4H2,1-3H3;4-9H,3H2,1-2H3;4-10H,3H2,1-2H3/q8*+1. The molecule has 140 heavy (non-hydrogen) atoms. The van der Waals surface area contributed by atoms with Gasteiger partial charge in [0.25, 0.3) is 52.3 Å². The first-order valence-electron chi connectivity index (χ1n) is 47.3. The second kappa shape index (κ2) is 52.2. The van der Waals surface area contributed by atoms with Crippen LogP contribution in [0.25, 0.3) is 17.1 Å². The van der Waals surface area contributed by atoms with Gasteiger partial charge >= 0.3 is 12.4 Å². The van der Waals surface area contributed by atoms with Crippen molar-refractivity contribution in [1.29, 1.82) is 0 Å². The summed E-state index contributed by atoms with van der Waals surface area (Å²) in [5.74, 6) is 8.73. The Balaban J connectivity index is 0.000000179. The molecule has 0 spiro atoms. The molecule has 8 aromatic heterocycles. The van der Waals surface area contributed by atoms with Crippen LogP contribution in [-0.4, -0.2) is 47.2 Å². The summed E-state index contributed by atoms with van der Waals surface area (Å²) in [6.07, 6.45) is 23.7. The maximum atomic E-state index is 13.0. The van der Waals surface area contributed by atoms with Gasteiger partial charge in [-0.3, -0.25) is 14.9 Å². The van der Waals surface area contributed by atoms with Gasteiger partial charge in [0.2, 0.25) is 0 Å². The largest absolute Gasteiger partial charge is 0.416 e. The average molecular weight is 2060 g/mol. The number of para-hydroxylation sites is 1. The van der Waals surface area contributed by atoms with E-state index in [-0.39, 0.29) is 29.4 Å². The molecule has 30 heteroatoms. The number of hydrogen-bond donors (Lipinski definition) is 0. The van der Waals surface area contributed by atoms with E-state index < -0.39 is 34.2 Å². The highest BCUT2D eigenvalue weighted by Gasteiger charge is 2.35. The van der Waals surface area contributed by atoms with E-state index in [9.17, 15) is 50.0 Å².